The fourth-order valence-electron chi connectivity index (χ4n) is 2.70. The third kappa shape index (κ3) is 5.82. The van der Waals surface area contributed by atoms with Gasteiger partial charge in [-0.05, 0) is 54.7 Å². The molecule has 0 aliphatic heterocycles. The SMILES string of the molecule is NC(=S)N/N=C(\c1cccc(Br)c1)c1cc(Br)cc(C(=O)c2cccc(Br)c2)c1. The van der Waals surface area contributed by atoms with Crippen LogP contribution in [-0.4, -0.2) is 16.6 Å². The van der Waals surface area contributed by atoms with Gasteiger partial charge in [0.25, 0.3) is 0 Å². The molecule has 3 rings (SSSR count). The summed E-state index contributed by atoms with van der Waals surface area (Å²) in [4.78, 5) is 13.0. The van der Waals surface area contributed by atoms with Crippen molar-refractivity contribution in [2.45, 2.75) is 0 Å². The lowest BCUT2D eigenvalue weighted by Gasteiger charge is -2.11. The van der Waals surface area contributed by atoms with E-state index in [0.29, 0.717) is 16.8 Å². The molecule has 0 amide bonds. The molecule has 8 heteroatoms. The first kappa shape index (κ1) is 21.8. The number of carbonyl (C=O) groups is 1. The third-order valence-corrected chi connectivity index (χ3v) is 5.43. The van der Waals surface area contributed by atoms with Gasteiger partial charge in [0.1, 0.15) is 0 Å². The molecule has 146 valence electrons. The molecule has 0 bridgehead atoms. The maximum absolute atomic E-state index is 13.0. The number of nitrogens with one attached hydrogen (secondary N) is 1. The Morgan fingerprint density at radius 3 is 1.97 bits per heavy atom. The van der Waals surface area contributed by atoms with E-state index in [9.17, 15) is 4.79 Å². The zero-order chi connectivity index (χ0) is 21.0. The Labute approximate surface area is 199 Å². The second-order valence-electron chi connectivity index (χ2n) is 6.01. The normalized spacial score (nSPS) is 11.2. The van der Waals surface area contributed by atoms with Crippen molar-refractivity contribution in [2.75, 3.05) is 0 Å². The molecule has 0 saturated carbocycles. The highest BCUT2D eigenvalue weighted by molar-refractivity contribution is 9.11. The third-order valence-electron chi connectivity index (χ3n) is 3.90. The maximum atomic E-state index is 13.0. The van der Waals surface area contributed by atoms with Crippen LogP contribution in [0.3, 0.4) is 0 Å². The predicted octanol–water partition coefficient (Wildman–Crippen LogP) is 5.79. The minimum Gasteiger partial charge on any atom is -0.375 e. The van der Waals surface area contributed by atoms with E-state index in [2.05, 4.69) is 58.3 Å². The van der Waals surface area contributed by atoms with E-state index in [4.69, 9.17) is 18.0 Å². The number of hydrogen-bond acceptors (Lipinski definition) is 3. The molecular formula is C21H14Br3N3OS. The highest BCUT2D eigenvalue weighted by atomic mass is 79.9. The number of nitrogens with two attached hydrogens (primary N) is 1. The van der Waals surface area contributed by atoms with Gasteiger partial charge in [-0.25, -0.2) is 0 Å². The summed E-state index contributed by atoms with van der Waals surface area (Å²) in [7, 11) is 0. The summed E-state index contributed by atoms with van der Waals surface area (Å²) in [6, 6.07) is 20.4. The first-order valence-electron chi connectivity index (χ1n) is 8.34. The van der Waals surface area contributed by atoms with Gasteiger partial charge in [0, 0.05) is 35.7 Å². The van der Waals surface area contributed by atoms with Crippen molar-refractivity contribution in [1.29, 1.82) is 0 Å². The Bertz CT molecular complexity index is 1130. The monoisotopic (exact) mass is 593 g/mol. The molecule has 3 aromatic carbocycles. The summed E-state index contributed by atoms with van der Waals surface area (Å²) in [6.07, 6.45) is 0. The second kappa shape index (κ2) is 9.75. The van der Waals surface area contributed by atoms with Crippen LogP contribution in [0, 0.1) is 0 Å². The average Bonchev–Trinajstić information content (AvgIpc) is 2.67. The molecule has 0 radical (unpaired) electrons. The lowest BCUT2D eigenvalue weighted by molar-refractivity contribution is 0.103. The predicted molar refractivity (Wildman–Crippen MR) is 131 cm³/mol. The lowest BCUT2D eigenvalue weighted by Crippen LogP contribution is -2.26. The number of ketones is 1. The van der Waals surface area contributed by atoms with E-state index in [0.717, 1.165) is 24.5 Å². The van der Waals surface area contributed by atoms with Crippen LogP contribution in [0.25, 0.3) is 0 Å². The molecule has 0 aliphatic rings. The molecule has 3 N–H and O–H groups in total. The van der Waals surface area contributed by atoms with Gasteiger partial charge in [-0.15, -0.1) is 0 Å². The molecule has 0 aromatic heterocycles. The van der Waals surface area contributed by atoms with Crippen molar-refractivity contribution in [2.24, 2.45) is 10.8 Å². The van der Waals surface area contributed by atoms with E-state index < -0.39 is 0 Å². The second-order valence-corrected chi connectivity index (χ2v) is 9.20. The van der Waals surface area contributed by atoms with Crippen LogP contribution in [0.15, 0.2) is 85.2 Å². The highest BCUT2D eigenvalue weighted by Crippen LogP contribution is 2.23. The quantitative estimate of drug-likeness (QED) is 0.170. The molecule has 0 unspecified atom stereocenters. The van der Waals surface area contributed by atoms with Crippen molar-refractivity contribution in [3.05, 3.63) is 102 Å². The first-order chi connectivity index (χ1) is 13.8. The zero-order valence-electron chi connectivity index (χ0n) is 14.8. The largest absolute Gasteiger partial charge is 0.375 e. The number of hydrogen-bond donors (Lipinski definition) is 2. The average molecular weight is 596 g/mol. The standard InChI is InChI=1S/C21H14Br3N3OS/c22-16-5-1-3-12(8-16)19(26-27-21(25)29)14-7-15(11-18(24)10-14)20(28)13-4-2-6-17(23)9-13/h1-11H,(H3,25,27,29)/b26-19+. The highest BCUT2D eigenvalue weighted by Gasteiger charge is 2.15. The molecule has 3 aromatic rings. The summed E-state index contributed by atoms with van der Waals surface area (Å²) in [5.41, 5.74) is 11.5. The van der Waals surface area contributed by atoms with Crippen LogP contribution in [0.5, 0.6) is 0 Å². The number of hydrazone groups is 1. The maximum Gasteiger partial charge on any atom is 0.193 e. The molecule has 0 spiro atoms. The van der Waals surface area contributed by atoms with Crippen LogP contribution in [0.1, 0.15) is 27.0 Å². The molecule has 0 atom stereocenters. The lowest BCUT2D eigenvalue weighted by atomic mass is 9.97. The van der Waals surface area contributed by atoms with Crippen molar-refractivity contribution in [3.63, 3.8) is 0 Å². The van der Waals surface area contributed by atoms with Crippen LogP contribution in [0.2, 0.25) is 0 Å². The van der Waals surface area contributed by atoms with Crippen molar-refractivity contribution in [1.82, 2.24) is 5.43 Å². The van der Waals surface area contributed by atoms with Crippen molar-refractivity contribution < 1.29 is 4.79 Å². The summed E-state index contributed by atoms with van der Waals surface area (Å²) in [6.45, 7) is 0. The fraction of sp³-hybridized carbons (Fsp3) is 0. The Hall–Kier alpha value is -1.87. The van der Waals surface area contributed by atoms with Gasteiger partial charge in [-0.2, -0.15) is 5.10 Å². The number of benzene rings is 3. The van der Waals surface area contributed by atoms with E-state index in [1.807, 2.05) is 42.5 Å². The van der Waals surface area contributed by atoms with E-state index >= 15 is 0 Å². The van der Waals surface area contributed by atoms with Crippen LogP contribution in [0.4, 0.5) is 0 Å². The Morgan fingerprint density at radius 2 is 1.34 bits per heavy atom. The van der Waals surface area contributed by atoms with Gasteiger partial charge in [0.15, 0.2) is 10.9 Å². The van der Waals surface area contributed by atoms with Gasteiger partial charge in [-0.3, -0.25) is 10.2 Å². The summed E-state index contributed by atoms with van der Waals surface area (Å²) >= 11 is 15.3. The first-order valence-corrected chi connectivity index (χ1v) is 11.1. The van der Waals surface area contributed by atoms with E-state index in [1.165, 1.54) is 0 Å². The van der Waals surface area contributed by atoms with Gasteiger partial charge in [0.05, 0.1) is 5.71 Å². The number of carbonyl (C=O) groups excluding carboxylic acids is 1. The number of halogens is 3. The minimum atomic E-state index is -0.0928. The molecule has 0 fully saturated rings. The number of rotatable bonds is 5. The molecule has 0 aliphatic carbocycles. The van der Waals surface area contributed by atoms with Gasteiger partial charge >= 0.3 is 0 Å². The summed E-state index contributed by atoms with van der Waals surface area (Å²) < 4.78 is 2.50. The van der Waals surface area contributed by atoms with Crippen molar-refractivity contribution in [3.8, 4) is 0 Å². The molecule has 29 heavy (non-hydrogen) atoms. The van der Waals surface area contributed by atoms with Crippen LogP contribution >= 0.6 is 60.0 Å². The molecular weight excluding hydrogens is 582 g/mol. The minimum absolute atomic E-state index is 0.0536. The van der Waals surface area contributed by atoms with E-state index in [-0.39, 0.29) is 10.9 Å². The van der Waals surface area contributed by atoms with Gasteiger partial charge < -0.3 is 5.73 Å². The van der Waals surface area contributed by atoms with Crippen molar-refractivity contribution >= 4 is 76.6 Å². The van der Waals surface area contributed by atoms with Crippen LogP contribution < -0.4 is 11.2 Å². The molecule has 0 saturated heterocycles. The number of nitrogens with zero attached hydrogens (tertiary/aromatic N) is 1. The van der Waals surface area contributed by atoms with Gasteiger partial charge in [-0.1, -0.05) is 72.1 Å². The Morgan fingerprint density at radius 1 is 0.793 bits per heavy atom. The summed E-state index contributed by atoms with van der Waals surface area (Å²) in [5, 5.41) is 4.43. The van der Waals surface area contributed by atoms with Crippen LogP contribution in [-0.2, 0) is 0 Å². The summed E-state index contributed by atoms with van der Waals surface area (Å²) in [5.74, 6) is -0.0928. The van der Waals surface area contributed by atoms with E-state index in [1.54, 1.807) is 24.3 Å². The zero-order valence-corrected chi connectivity index (χ0v) is 20.4. The number of thiocarbonyl (C=S) groups is 1. The molecule has 0 heterocycles. The smallest absolute Gasteiger partial charge is 0.193 e. The fourth-order valence-corrected chi connectivity index (χ4v) is 4.03. The Balaban J connectivity index is 2.10. The Kier molecular flexibility index (Phi) is 7.34. The molecule has 4 nitrogen and oxygen atoms in total. The topological polar surface area (TPSA) is 67.5 Å². The van der Waals surface area contributed by atoms with Gasteiger partial charge in [0.2, 0.25) is 0 Å².